The molecule has 0 atom stereocenters. The van der Waals surface area contributed by atoms with Crippen molar-refractivity contribution >= 4 is 39.4 Å². The number of hydrogen-bond acceptors (Lipinski definition) is 8. The van der Waals surface area contributed by atoms with Gasteiger partial charge in [0.25, 0.3) is 0 Å². The van der Waals surface area contributed by atoms with Gasteiger partial charge in [-0.3, -0.25) is 4.90 Å². The van der Waals surface area contributed by atoms with Gasteiger partial charge in [-0.2, -0.15) is 0 Å². The maximum absolute atomic E-state index is 6.47. The molecular weight excluding hydrogens is 522 g/mol. The first-order valence-electron chi connectivity index (χ1n) is 15.1. The molecule has 9 nitrogen and oxygen atoms in total. The number of likely N-dealkylation sites (N-methyl/N-ethyl adjacent to an activating group) is 1. The molecule has 7 rings (SSSR count). The summed E-state index contributed by atoms with van der Waals surface area (Å²) in [6.07, 6.45) is 8.58. The van der Waals surface area contributed by atoms with E-state index in [0.717, 1.165) is 57.3 Å². The number of fused-ring (bicyclic) bond motifs is 2. The first-order valence-corrected chi connectivity index (χ1v) is 15.1. The number of nitrogens with one attached hydrogen (secondary N) is 1. The van der Waals surface area contributed by atoms with Crippen LogP contribution in [0.15, 0.2) is 55.0 Å². The van der Waals surface area contributed by atoms with Crippen molar-refractivity contribution in [1.82, 2.24) is 34.3 Å². The lowest BCUT2D eigenvalue weighted by atomic mass is 9.89. The fourth-order valence-corrected chi connectivity index (χ4v) is 6.81. The molecule has 1 aliphatic carbocycles. The molecule has 3 aromatic heterocycles. The summed E-state index contributed by atoms with van der Waals surface area (Å²) in [5.74, 6) is 1.12. The molecule has 1 aliphatic heterocycles. The Labute approximate surface area is 246 Å². The van der Waals surface area contributed by atoms with Gasteiger partial charge in [0.2, 0.25) is 5.95 Å². The van der Waals surface area contributed by atoms with Gasteiger partial charge in [-0.15, -0.1) is 0 Å². The number of nitrogen functional groups attached to an aromatic ring is 1. The number of aryl methyl sites for hydroxylation is 2. The molecule has 1 saturated carbocycles. The van der Waals surface area contributed by atoms with Gasteiger partial charge >= 0.3 is 0 Å². The summed E-state index contributed by atoms with van der Waals surface area (Å²) in [5, 5.41) is 5.40. The number of rotatable bonds is 5. The van der Waals surface area contributed by atoms with Crippen molar-refractivity contribution in [3.63, 3.8) is 0 Å². The molecule has 5 aromatic rings. The van der Waals surface area contributed by atoms with Crippen molar-refractivity contribution in [2.24, 2.45) is 0 Å². The molecule has 2 fully saturated rings. The van der Waals surface area contributed by atoms with Gasteiger partial charge in [0.1, 0.15) is 17.8 Å². The highest BCUT2D eigenvalue weighted by atomic mass is 15.3. The summed E-state index contributed by atoms with van der Waals surface area (Å²) in [5.41, 5.74) is 13.6. The molecule has 0 radical (unpaired) electrons. The molecule has 2 aromatic carbocycles. The second kappa shape index (κ2) is 11.0. The second-order valence-corrected chi connectivity index (χ2v) is 12.1. The van der Waals surface area contributed by atoms with Crippen molar-refractivity contribution in [1.29, 1.82) is 0 Å². The number of nitrogens with zero attached hydrogens (tertiary/aromatic N) is 7. The van der Waals surface area contributed by atoms with E-state index in [2.05, 4.69) is 87.3 Å². The summed E-state index contributed by atoms with van der Waals surface area (Å²) in [4.78, 5) is 23.6. The number of nitrogens with two attached hydrogens (primary N) is 1. The van der Waals surface area contributed by atoms with E-state index in [1.165, 1.54) is 44.6 Å². The van der Waals surface area contributed by atoms with E-state index >= 15 is 0 Å². The molecule has 42 heavy (non-hydrogen) atoms. The standard InChI is InChI=1S/C33H39N9/c1-21-4-13-29-27(18-21)22(2)37-33(39-29)38-24-7-5-23(6-8-24)28-19-42(32-30(28)31(34)35-20-36-32)26-11-9-25(10-12-26)41-16-14-40(3)15-17-41/h4-8,13,18-20,25-26H,9-12,14-17H2,1-3H3,(H2,34,35,36)(H,37,38,39)/t25-,26+. The summed E-state index contributed by atoms with van der Waals surface area (Å²) < 4.78 is 2.36. The Hall–Kier alpha value is -4.08. The van der Waals surface area contributed by atoms with Crippen LogP contribution in [0.4, 0.5) is 17.5 Å². The van der Waals surface area contributed by atoms with Crippen molar-refractivity contribution in [2.45, 2.75) is 51.6 Å². The van der Waals surface area contributed by atoms with E-state index in [4.69, 9.17) is 20.7 Å². The summed E-state index contributed by atoms with van der Waals surface area (Å²) in [7, 11) is 2.22. The lowest BCUT2D eigenvalue weighted by molar-refractivity contribution is 0.0828. The number of anilines is 3. The van der Waals surface area contributed by atoms with Gasteiger partial charge in [-0.25, -0.2) is 19.9 Å². The molecule has 0 spiro atoms. The monoisotopic (exact) mass is 561 g/mol. The molecule has 3 N–H and O–H groups in total. The van der Waals surface area contributed by atoms with Crippen LogP contribution in [0.3, 0.4) is 0 Å². The molecule has 9 heteroatoms. The molecule has 4 heterocycles. The van der Waals surface area contributed by atoms with E-state index in [9.17, 15) is 0 Å². The Morgan fingerprint density at radius 2 is 1.60 bits per heavy atom. The van der Waals surface area contributed by atoms with Gasteiger partial charge in [-0.05, 0) is 76.4 Å². The van der Waals surface area contributed by atoms with E-state index in [1.54, 1.807) is 6.33 Å². The fourth-order valence-electron chi connectivity index (χ4n) is 6.81. The average molecular weight is 562 g/mol. The number of benzene rings is 2. The third kappa shape index (κ3) is 5.07. The highest BCUT2D eigenvalue weighted by Crippen LogP contribution is 2.39. The molecule has 0 amide bonds. The van der Waals surface area contributed by atoms with Crippen molar-refractivity contribution in [2.75, 3.05) is 44.3 Å². The first-order chi connectivity index (χ1) is 20.4. The van der Waals surface area contributed by atoms with Crippen LogP contribution >= 0.6 is 0 Å². The summed E-state index contributed by atoms with van der Waals surface area (Å²) in [6.45, 7) is 8.82. The molecular formula is C33H39N9. The normalized spacial score (nSPS) is 20.4. The lowest BCUT2D eigenvalue weighted by Gasteiger charge is -2.41. The highest BCUT2D eigenvalue weighted by molar-refractivity contribution is 6.00. The predicted molar refractivity (Wildman–Crippen MR) is 170 cm³/mol. The van der Waals surface area contributed by atoms with Crippen LogP contribution in [0, 0.1) is 13.8 Å². The smallest absolute Gasteiger partial charge is 0.228 e. The first kappa shape index (κ1) is 26.8. The number of aromatic nitrogens is 5. The van der Waals surface area contributed by atoms with Crippen molar-refractivity contribution in [3.05, 3.63) is 66.2 Å². The van der Waals surface area contributed by atoms with Crippen LogP contribution in [0.1, 0.15) is 43.0 Å². The molecule has 1 saturated heterocycles. The third-order valence-corrected chi connectivity index (χ3v) is 9.25. The summed E-state index contributed by atoms with van der Waals surface area (Å²) >= 11 is 0. The molecule has 216 valence electrons. The van der Waals surface area contributed by atoms with Crippen LogP contribution < -0.4 is 11.1 Å². The molecule has 2 aliphatic rings. The minimum absolute atomic E-state index is 0.414. The highest BCUT2D eigenvalue weighted by Gasteiger charge is 2.30. The van der Waals surface area contributed by atoms with E-state index < -0.39 is 0 Å². The Balaban J connectivity index is 1.12. The topological polar surface area (TPSA) is 101 Å². The van der Waals surface area contributed by atoms with Crippen LogP contribution in [0.5, 0.6) is 0 Å². The zero-order valence-electron chi connectivity index (χ0n) is 24.7. The maximum Gasteiger partial charge on any atom is 0.228 e. The SMILES string of the molecule is Cc1ccc2nc(Nc3ccc(-c4cn([C@H]5CC[C@@H](N6CCN(C)CC6)CC5)c5ncnc(N)c45)cc3)nc(C)c2c1. The molecule has 0 bridgehead atoms. The fraction of sp³-hybridized carbons (Fsp3) is 0.394. The van der Waals surface area contributed by atoms with Crippen LogP contribution in [-0.4, -0.2) is 73.6 Å². The van der Waals surface area contributed by atoms with Crippen molar-refractivity contribution in [3.8, 4) is 11.1 Å². The van der Waals surface area contributed by atoms with Gasteiger partial charge in [0.15, 0.2) is 0 Å². The molecule has 0 unspecified atom stereocenters. The lowest BCUT2D eigenvalue weighted by Crippen LogP contribution is -2.49. The Morgan fingerprint density at radius 3 is 2.36 bits per heavy atom. The van der Waals surface area contributed by atoms with Gasteiger partial charge < -0.3 is 20.5 Å². The van der Waals surface area contributed by atoms with E-state index in [-0.39, 0.29) is 0 Å². The minimum Gasteiger partial charge on any atom is -0.383 e. The van der Waals surface area contributed by atoms with E-state index in [0.29, 0.717) is 23.8 Å². The zero-order valence-corrected chi connectivity index (χ0v) is 24.7. The largest absolute Gasteiger partial charge is 0.383 e. The van der Waals surface area contributed by atoms with E-state index in [1.807, 2.05) is 6.92 Å². The number of piperazine rings is 1. The quantitative estimate of drug-likeness (QED) is 0.281. The third-order valence-electron chi connectivity index (χ3n) is 9.25. The van der Waals surface area contributed by atoms with Crippen molar-refractivity contribution < 1.29 is 0 Å². The summed E-state index contributed by atoms with van der Waals surface area (Å²) in [6, 6.07) is 15.7. The van der Waals surface area contributed by atoms with Crippen LogP contribution in [0.25, 0.3) is 33.1 Å². The number of hydrogen-bond donors (Lipinski definition) is 2. The van der Waals surface area contributed by atoms with Crippen LogP contribution in [0.2, 0.25) is 0 Å². The Kier molecular flexibility index (Phi) is 6.99. The predicted octanol–water partition coefficient (Wildman–Crippen LogP) is 5.72. The minimum atomic E-state index is 0.414. The second-order valence-electron chi connectivity index (χ2n) is 12.1. The maximum atomic E-state index is 6.47. The average Bonchev–Trinajstić information content (AvgIpc) is 3.40. The Morgan fingerprint density at radius 1 is 0.857 bits per heavy atom. The van der Waals surface area contributed by atoms with Gasteiger partial charge in [-0.1, -0.05) is 23.8 Å². The Bertz CT molecular complexity index is 1730. The van der Waals surface area contributed by atoms with Gasteiger partial charge in [0.05, 0.1) is 16.6 Å². The van der Waals surface area contributed by atoms with Crippen LogP contribution in [-0.2, 0) is 0 Å². The van der Waals surface area contributed by atoms with Gasteiger partial charge in [0, 0.05) is 61.1 Å². The zero-order chi connectivity index (χ0) is 28.8.